The molecule has 0 aliphatic rings. The van der Waals surface area contributed by atoms with E-state index in [1.54, 1.807) is 0 Å². The zero-order valence-electron chi connectivity index (χ0n) is 9.33. The molecule has 84 valence electrons. The molecule has 1 atom stereocenters. The molecule has 1 rings (SSSR count). The number of amides is 1. The van der Waals surface area contributed by atoms with Crippen LogP contribution in [-0.2, 0) is 0 Å². The molecular weight excluding hydrogens is 210 g/mol. The van der Waals surface area contributed by atoms with Crippen molar-refractivity contribution in [1.29, 1.82) is 0 Å². The quantitative estimate of drug-likeness (QED) is 0.825. The van der Waals surface area contributed by atoms with Gasteiger partial charge in [-0.15, -0.1) is 11.3 Å². The Bertz CT molecular complexity index is 323. The molecule has 0 saturated heterocycles. The Morgan fingerprint density at radius 3 is 2.67 bits per heavy atom. The molecule has 0 aliphatic heterocycles. The minimum Gasteiger partial charge on any atom is -0.394 e. The van der Waals surface area contributed by atoms with Gasteiger partial charge in [-0.05, 0) is 31.9 Å². The number of nitrogens with one attached hydrogen (secondary N) is 1. The summed E-state index contributed by atoms with van der Waals surface area (Å²) in [6, 6.07) is 1.75. The third-order valence-electron chi connectivity index (χ3n) is 2.44. The number of aliphatic hydroxyl groups is 1. The van der Waals surface area contributed by atoms with Crippen LogP contribution in [0.3, 0.4) is 0 Å². The van der Waals surface area contributed by atoms with Crippen LogP contribution in [0.1, 0.15) is 33.5 Å². The molecular formula is C11H17NO2S. The number of hydrogen-bond acceptors (Lipinski definition) is 3. The zero-order valence-corrected chi connectivity index (χ0v) is 10.1. The van der Waals surface area contributed by atoms with E-state index in [0.29, 0.717) is 0 Å². The number of aryl methyl sites for hydroxylation is 2. The smallest absolute Gasteiger partial charge is 0.261 e. The van der Waals surface area contributed by atoms with Crippen LogP contribution in [0.2, 0.25) is 0 Å². The molecule has 4 heteroatoms. The van der Waals surface area contributed by atoms with Crippen LogP contribution in [0.15, 0.2) is 6.07 Å². The van der Waals surface area contributed by atoms with Crippen molar-refractivity contribution in [3.05, 3.63) is 21.4 Å². The summed E-state index contributed by atoms with van der Waals surface area (Å²) < 4.78 is 0. The van der Waals surface area contributed by atoms with Crippen molar-refractivity contribution < 1.29 is 9.90 Å². The molecule has 1 aromatic heterocycles. The van der Waals surface area contributed by atoms with Gasteiger partial charge in [-0.3, -0.25) is 4.79 Å². The second-order valence-corrected chi connectivity index (χ2v) is 4.87. The lowest BCUT2D eigenvalue weighted by atomic mass is 10.2. The largest absolute Gasteiger partial charge is 0.394 e. The maximum atomic E-state index is 11.7. The molecule has 15 heavy (non-hydrogen) atoms. The van der Waals surface area contributed by atoms with E-state index >= 15 is 0 Å². The average Bonchev–Trinajstić information content (AvgIpc) is 2.55. The SMILES string of the molecule is CC[C@H](CO)NC(=O)c1cc(C)c(C)s1. The van der Waals surface area contributed by atoms with Gasteiger partial charge < -0.3 is 10.4 Å². The Kier molecular flexibility index (Phi) is 4.29. The van der Waals surface area contributed by atoms with E-state index < -0.39 is 0 Å². The van der Waals surface area contributed by atoms with Gasteiger partial charge in [0.15, 0.2) is 0 Å². The summed E-state index contributed by atoms with van der Waals surface area (Å²) in [5.41, 5.74) is 1.14. The number of hydrogen-bond donors (Lipinski definition) is 2. The first-order valence-corrected chi connectivity index (χ1v) is 5.88. The zero-order chi connectivity index (χ0) is 11.4. The lowest BCUT2D eigenvalue weighted by Gasteiger charge is -2.12. The minimum atomic E-state index is -0.139. The van der Waals surface area contributed by atoms with E-state index in [2.05, 4.69) is 5.32 Å². The maximum Gasteiger partial charge on any atom is 0.261 e. The summed E-state index contributed by atoms with van der Waals surface area (Å²) in [5, 5.41) is 11.8. The summed E-state index contributed by atoms with van der Waals surface area (Å²) >= 11 is 1.49. The van der Waals surface area contributed by atoms with Crippen molar-refractivity contribution in [3.63, 3.8) is 0 Å². The Morgan fingerprint density at radius 2 is 2.27 bits per heavy atom. The highest BCUT2D eigenvalue weighted by Crippen LogP contribution is 2.20. The van der Waals surface area contributed by atoms with Gasteiger partial charge in [0.05, 0.1) is 17.5 Å². The molecule has 1 aromatic rings. The number of thiophene rings is 1. The summed E-state index contributed by atoms with van der Waals surface area (Å²) in [7, 11) is 0. The first kappa shape index (κ1) is 12.2. The van der Waals surface area contributed by atoms with Crippen LogP contribution < -0.4 is 5.32 Å². The normalized spacial score (nSPS) is 12.5. The van der Waals surface area contributed by atoms with Crippen LogP contribution in [-0.4, -0.2) is 23.7 Å². The second kappa shape index (κ2) is 5.28. The van der Waals surface area contributed by atoms with Gasteiger partial charge in [0, 0.05) is 4.88 Å². The molecule has 0 radical (unpaired) electrons. The Morgan fingerprint density at radius 1 is 1.60 bits per heavy atom. The molecule has 1 heterocycles. The molecule has 0 aromatic carbocycles. The van der Waals surface area contributed by atoms with Gasteiger partial charge in [-0.2, -0.15) is 0 Å². The predicted molar refractivity (Wildman–Crippen MR) is 62.4 cm³/mol. The third-order valence-corrected chi connectivity index (χ3v) is 3.59. The first-order valence-electron chi connectivity index (χ1n) is 5.07. The fraction of sp³-hybridized carbons (Fsp3) is 0.545. The van der Waals surface area contributed by atoms with E-state index in [4.69, 9.17) is 5.11 Å². The van der Waals surface area contributed by atoms with Crippen LogP contribution in [0, 0.1) is 13.8 Å². The molecule has 0 aliphatic carbocycles. The molecule has 0 unspecified atom stereocenters. The van der Waals surface area contributed by atoms with E-state index in [0.717, 1.165) is 21.7 Å². The topological polar surface area (TPSA) is 49.3 Å². The van der Waals surface area contributed by atoms with Gasteiger partial charge in [0.2, 0.25) is 0 Å². The lowest BCUT2D eigenvalue weighted by molar-refractivity contribution is 0.0919. The van der Waals surface area contributed by atoms with Gasteiger partial charge in [0.1, 0.15) is 0 Å². The summed E-state index contributed by atoms with van der Waals surface area (Å²) in [6.45, 7) is 5.92. The third kappa shape index (κ3) is 3.04. The molecule has 2 N–H and O–H groups in total. The standard InChI is InChI=1S/C11H17NO2S/c1-4-9(6-13)12-11(14)10-5-7(2)8(3)15-10/h5,9,13H,4,6H2,1-3H3,(H,12,14)/t9-/m1/s1. The molecule has 3 nitrogen and oxygen atoms in total. The summed E-state index contributed by atoms with van der Waals surface area (Å²) in [5.74, 6) is -0.0860. The highest BCUT2D eigenvalue weighted by atomic mass is 32.1. The second-order valence-electron chi connectivity index (χ2n) is 3.61. The molecule has 0 saturated carbocycles. The van der Waals surface area contributed by atoms with Crippen LogP contribution in [0.4, 0.5) is 0 Å². The molecule has 0 fully saturated rings. The number of carbonyl (C=O) groups excluding carboxylic acids is 1. The molecule has 0 spiro atoms. The highest BCUT2D eigenvalue weighted by Gasteiger charge is 2.13. The predicted octanol–water partition coefficient (Wildman–Crippen LogP) is 1.87. The number of rotatable bonds is 4. The average molecular weight is 227 g/mol. The van der Waals surface area contributed by atoms with Crippen molar-refractivity contribution in [2.75, 3.05) is 6.61 Å². The van der Waals surface area contributed by atoms with E-state index in [1.807, 2.05) is 26.8 Å². The van der Waals surface area contributed by atoms with Crippen molar-refractivity contribution in [2.45, 2.75) is 33.2 Å². The fourth-order valence-electron chi connectivity index (χ4n) is 1.22. The molecule has 1 amide bonds. The minimum absolute atomic E-state index is 0.00835. The van der Waals surface area contributed by atoms with Crippen LogP contribution in [0.25, 0.3) is 0 Å². The number of aliphatic hydroxyl groups excluding tert-OH is 1. The molecule has 0 bridgehead atoms. The van der Waals surface area contributed by atoms with E-state index in [-0.39, 0.29) is 18.6 Å². The van der Waals surface area contributed by atoms with Gasteiger partial charge in [0.25, 0.3) is 5.91 Å². The lowest BCUT2D eigenvalue weighted by Crippen LogP contribution is -2.36. The number of carbonyl (C=O) groups is 1. The van der Waals surface area contributed by atoms with Crippen molar-refractivity contribution in [3.8, 4) is 0 Å². The monoisotopic (exact) mass is 227 g/mol. The van der Waals surface area contributed by atoms with Crippen molar-refractivity contribution >= 4 is 17.2 Å². The summed E-state index contributed by atoms with van der Waals surface area (Å²) in [6.07, 6.45) is 0.742. The first-order chi connectivity index (χ1) is 7.08. The van der Waals surface area contributed by atoms with E-state index in [9.17, 15) is 4.79 Å². The Labute approximate surface area is 94.1 Å². The van der Waals surface area contributed by atoms with Gasteiger partial charge in [-0.25, -0.2) is 0 Å². The van der Waals surface area contributed by atoms with Crippen LogP contribution >= 0.6 is 11.3 Å². The maximum absolute atomic E-state index is 11.7. The van der Waals surface area contributed by atoms with Crippen molar-refractivity contribution in [2.24, 2.45) is 0 Å². The van der Waals surface area contributed by atoms with Gasteiger partial charge in [-0.1, -0.05) is 6.92 Å². The fourth-order valence-corrected chi connectivity index (χ4v) is 2.16. The van der Waals surface area contributed by atoms with E-state index in [1.165, 1.54) is 11.3 Å². The van der Waals surface area contributed by atoms with Gasteiger partial charge >= 0.3 is 0 Å². The van der Waals surface area contributed by atoms with Crippen molar-refractivity contribution in [1.82, 2.24) is 5.32 Å². The summed E-state index contributed by atoms with van der Waals surface area (Å²) in [4.78, 5) is 13.6. The highest BCUT2D eigenvalue weighted by molar-refractivity contribution is 7.14. The Hall–Kier alpha value is -0.870. The Balaban J connectivity index is 2.68. The van der Waals surface area contributed by atoms with Crippen LogP contribution in [0.5, 0.6) is 0 Å².